The molecule has 2 N–H and O–H groups in total. The number of hydrogen-bond acceptors (Lipinski definition) is 12. The molecule has 2 aromatic rings. The van der Waals surface area contributed by atoms with E-state index in [0.717, 1.165) is 0 Å². The zero-order chi connectivity index (χ0) is 33.2. The van der Waals surface area contributed by atoms with Crippen molar-refractivity contribution in [1.29, 1.82) is 0 Å². The number of sulfonamides is 1. The highest BCUT2D eigenvalue weighted by atomic mass is 32.2. The first-order valence-corrected chi connectivity index (χ1v) is 15.6. The molecular formula is C27H37F3N8O6S. The number of benzene rings is 1. The third-order valence-electron chi connectivity index (χ3n) is 6.79. The van der Waals surface area contributed by atoms with Crippen molar-refractivity contribution in [3.63, 3.8) is 0 Å². The van der Waals surface area contributed by atoms with Gasteiger partial charge in [-0.05, 0) is 72.0 Å². The van der Waals surface area contributed by atoms with Crippen LogP contribution in [0, 0.1) is 0 Å². The van der Waals surface area contributed by atoms with E-state index < -0.39 is 51.2 Å². The zero-order valence-corrected chi connectivity index (χ0v) is 26.5. The highest BCUT2D eigenvalue weighted by Crippen LogP contribution is 2.43. The topological polar surface area (TPSA) is 159 Å². The molecule has 4 rings (SSSR count). The number of hydrogen-bond donors (Lipinski definition) is 2. The van der Waals surface area contributed by atoms with Crippen LogP contribution in [0.25, 0.3) is 0 Å². The second-order valence-corrected chi connectivity index (χ2v) is 14.2. The van der Waals surface area contributed by atoms with Gasteiger partial charge in [-0.2, -0.15) is 28.1 Å². The Labute approximate surface area is 259 Å². The van der Waals surface area contributed by atoms with E-state index in [9.17, 15) is 31.2 Å². The molecule has 14 nitrogen and oxygen atoms in total. The van der Waals surface area contributed by atoms with Crippen molar-refractivity contribution >= 4 is 39.6 Å². The molecule has 1 aromatic carbocycles. The molecule has 1 aliphatic heterocycles. The lowest BCUT2D eigenvalue weighted by molar-refractivity contribution is -0.154. The predicted molar refractivity (Wildman–Crippen MR) is 158 cm³/mol. The van der Waals surface area contributed by atoms with E-state index in [4.69, 9.17) is 9.47 Å². The van der Waals surface area contributed by atoms with E-state index in [1.165, 1.54) is 29.2 Å². The Morgan fingerprint density at radius 2 is 1.62 bits per heavy atom. The van der Waals surface area contributed by atoms with Gasteiger partial charge in [0, 0.05) is 44.0 Å². The standard InChI is InChI=1S/C27H37F3N8O6S/c1-25(2,3)44-24(40)38-14-12-37(13-15-38)22-32-21(33-23(34-22)43-17-27(28,29)30)31-19-8-6-18(7-9-19)20(39)35-45(41,42)26(10-11-26)16-36(4)5/h6-9H,10-17H2,1-5H3,(H,35,39)(H,31,32,33,34). The lowest BCUT2D eigenvalue weighted by Crippen LogP contribution is -2.50. The lowest BCUT2D eigenvalue weighted by atomic mass is 10.2. The first kappa shape index (κ1) is 34.0. The van der Waals surface area contributed by atoms with E-state index in [1.807, 2.05) is 0 Å². The first-order valence-electron chi connectivity index (χ1n) is 14.1. The summed E-state index contributed by atoms with van der Waals surface area (Å²) in [4.78, 5) is 42.4. The largest absolute Gasteiger partial charge is 0.454 e. The molecule has 0 radical (unpaired) electrons. The summed E-state index contributed by atoms with van der Waals surface area (Å²) in [6.07, 6.45) is -4.20. The number of rotatable bonds is 10. The van der Waals surface area contributed by atoms with Gasteiger partial charge in [0.15, 0.2) is 6.61 Å². The summed E-state index contributed by atoms with van der Waals surface area (Å²) in [7, 11) is -0.393. The number of alkyl halides is 3. The van der Waals surface area contributed by atoms with Gasteiger partial charge in [0.25, 0.3) is 5.91 Å². The van der Waals surface area contributed by atoms with Gasteiger partial charge in [-0.1, -0.05) is 0 Å². The maximum Gasteiger partial charge on any atom is 0.422 e. The van der Waals surface area contributed by atoms with Crippen LogP contribution < -0.4 is 19.7 Å². The highest BCUT2D eigenvalue weighted by molar-refractivity contribution is 7.91. The van der Waals surface area contributed by atoms with Crippen molar-refractivity contribution in [2.75, 3.05) is 63.6 Å². The fourth-order valence-electron chi connectivity index (χ4n) is 4.52. The molecule has 2 heterocycles. The summed E-state index contributed by atoms with van der Waals surface area (Å²) in [5, 5.41) is 2.85. The van der Waals surface area contributed by atoms with E-state index in [2.05, 4.69) is 25.0 Å². The molecule has 2 amide bonds. The van der Waals surface area contributed by atoms with Gasteiger partial charge in [0.1, 0.15) is 10.3 Å². The average molecular weight is 659 g/mol. The van der Waals surface area contributed by atoms with Gasteiger partial charge in [-0.25, -0.2) is 17.9 Å². The molecule has 1 aliphatic carbocycles. The van der Waals surface area contributed by atoms with Gasteiger partial charge >= 0.3 is 18.3 Å². The Hall–Kier alpha value is -3.93. The normalized spacial score (nSPS) is 16.7. The predicted octanol–water partition coefficient (Wildman–Crippen LogP) is 2.77. The molecule has 1 aromatic heterocycles. The maximum atomic E-state index is 12.9. The highest BCUT2D eigenvalue weighted by Gasteiger charge is 2.55. The number of halogens is 3. The number of nitrogens with one attached hydrogen (secondary N) is 2. The molecule has 0 atom stereocenters. The van der Waals surface area contributed by atoms with E-state index in [-0.39, 0.29) is 43.6 Å². The molecule has 0 bridgehead atoms. The molecule has 2 fully saturated rings. The lowest BCUT2D eigenvalue weighted by Gasteiger charge is -2.35. The third kappa shape index (κ3) is 9.29. The van der Waals surface area contributed by atoms with Crippen molar-refractivity contribution in [2.24, 2.45) is 0 Å². The van der Waals surface area contributed by atoms with Crippen LogP contribution in [0.5, 0.6) is 6.01 Å². The number of nitrogens with zero attached hydrogens (tertiary/aromatic N) is 6. The van der Waals surface area contributed by atoms with E-state index >= 15 is 0 Å². The van der Waals surface area contributed by atoms with Crippen LogP contribution in [0.2, 0.25) is 0 Å². The van der Waals surface area contributed by atoms with Crippen LogP contribution in [0.15, 0.2) is 24.3 Å². The van der Waals surface area contributed by atoms with Crippen molar-refractivity contribution in [1.82, 2.24) is 29.5 Å². The first-order chi connectivity index (χ1) is 20.8. The second-order valence-electron chi connectivity index (χ2n) is 12.2. The molecule has 0 unspecified atom stereocenters. The number of piperazine rings is 1. The molecule has 1 saturated carbocycles. The fraction of sp³-hybridized carbons (Fsp3) is 0.593. The quantitative estimate of drug-likeness (QED) is 0.385. The monoisotopic (exact) mass is 658 g/mol. The number of carbonyl (C=O) groups excluding carboxylic acids is 2. The Bertz CT molecular complexity index is 1490. The van der Waals surface area contributed by atoms with Gasteiger partial charge in [0.2, 0.25) is 21.9 Å². The summed E-state index contributed by atoms with van der Waals surface area (Å²) < 4.78 is 75.7. The number of amides is 2. The number of ether oxygens (including phenoxy) is 2. The molecule has 0 spiro atoms. The summed E-state index contributed by atoms with van der Waals surface area (Å²) in [6, 6.07) is 5.14. The molecule has 45 heavy (non-hydrogen) atoms. The molecule has 18 heteroatoms. The Morgan fingerprint density at radius 3 is 2.16 bits per heavy atom. The minimum absolute atomic E-state index is 0.0291. The van der Waals surface area contributed by atoms with Crippen LogP contribution in [-0.4, -0.2) is 115 Å². The third-order valence-corrected chi connectivity index (χ3v) is 8.93. The number of anilines is 3. The molecule has 2 aliphatic rings. The van der Waals surface area contributed by atoms with Gasteiger partial charge in [-0.3, -0.25) is 4.79 Å². The van der Waals surface area contributed by atoms with Gasteiger partial charge < -0.3 is 29.5 Å². The van der Waals surface area contributed by atoms with Crippen LogP contribution in [0.4, 0.5) is 35.5 Å². The minimum Gasteiger partial charge on any atom is -0.454 e. The molecule has 1 saturated heterocycles. The maximum absolute atomic E-state index is 12.9. The Morgan fingerprint density at radius 1 is 1.00 bits per heavy atom. The number of aromatic nitrogens is 3. The average Bonchev–Trinajstić information content (AvgIpc) is 3.71. The van der Waals surface area contributed by atoms with Crippen molar-refractivity contribution in [3.05, 3.63) is 29.8 Å². The van der Waals surface area contributed by atoms with Gasteiger partial charge in [-0.15, -0.1) is 0 Å². The SMILES string of the molecule is CN(C)CC1(S(=O)(=O)NC(=O)c2ccc(Nc3nc(OCC(F)(F)F)nc(N4CCN(C(=O)OC(C)(C)C)CC4)n3)cc2)CC1. The molecule has 248 valence electrons. The smallest absolute Gasteiger partial charge is 0.422 e. The minimum atomic E-state index is -4.63. The van der Waals surface area contributed by atoms with Crippen LogP contribution in [-0.2, 0) is 14.8 Å². The van der Waals surface area contributed by atoms with E-state index in [0.29, 0.717) is 25.1 Å². The van der Waals surface area contributed by atoms with Crippen LogP contribution in [0.3, 0.4) is 0 Å². The van der Waals surface area contributed by atoms with Crippen LogP contribution >= 0.6 is 0 Å². The zero-order valence-electron chi connectivity index (χ0n) is 25.6. The summed E-state index contributed by atoms with van der Waals surface area (Å²) in [6.45, 7) is 5.00. The number of carbonyl (C=O) groups is 2. The van der Waals surface area contributed by atoms with Crippen molar-refractivity contribution < 1.29 is 40.7 Å². The summed E-state index contributed by atoms with van der Waals surface area (Å²) in [5.74, 6) is -0.894. The van der Waals surface area contributed by atoms with Crippen molar-refractivity contribution in [2.45, 2.75) is 50.1 Å². The van der Waals surface area contributed by atoms with Crippen LogP contribution in [0.1, 0.15) is 44.0 Å². The summed E-state index contributed by atoms with van der Waals surface area (Å²) in [5.41, 5.74) is -0.230. The Kier molecular flexibility index (Phi) is 9.67. The molecular weight excluding hydrogens is 621 g/mol. The van der Waals surface area contributed by atoms with Crippen molar-refractivity contribution in [3.8, 4) is 6.01 Å². The fourth-order valence-corrected chi connectivity index (χ4v) is 6.17. The summed E-state index contributed by atoms with van der Waals surface area (Å²) >= 11 is 0. The van der Waals surface area contributed by atoms with Gasteiger partial charge in [0.05, 0.1) is 0 Å². The second kappa shape index (κ2) is 12.8. The van der Waals surface area contributed by atoms with E-state index in [1.54, 1.807) is 44.7 Å². The Balaban J connectivity index is 1.46.